The maximum absolute atomic E-state index is 12.5. The van der Waals surface area contributed by atoms with E-state index >= 15 is 0 Å². The number of benzene rings is 1. The molecule has 2 aromatic rings. The SMILES string of the molecule is CN=C(NCC(C)(C)c1ccc2c(c1)OCCO2)N1CCN(C(=O)c2ccco2)CC1. The number of carbonyl (C=O) groups excluding carboxylic acids is 1. The lowest BCUT2D eigenvalue weighted by Gasteiger charge is -2.37. The molecule has 166 valence electrons. The molecule has 1 amide bonds. The van der Waals surface area contributed by atoms with Crippen LogP contribution in [0.25, 0.3) is 0 Å². The summed E-state index contributed by atoms with van der Waals surface area (Å²) < 4.78 is 16.6. The highest BCUT2D eigenvalue weighted by molar-refractivity contribution is 5.91. The lowest BCUT2D eigenvalue weighted by molar-refractivity contribution is 0.0657. The van der Waals surface area contributed by atoms with E-state index in [0.717, 1.165) is 30.5 Å². The molecule has 8 heteroatoms. The summed E-state index contributed by atoms with van der Waals surface area (Å²) >= 11 is 0. The third-order valence-electron chi connectivity index (χ3n) is 5.82. The van der Waals surface area contributed by atoms with E-state index in [1.54, 1.807) is 19.2 Å². The zero-order valence-electron chi connectivity index (χ0n) is 18.4. The average Bonchev–Trinajstić information content (AvgIpc) is 3.34. The van der Waals surface area contributed by atoms with Gasteiger partial charge in [-0.2, -0.15) is 0 Å². The summed E-state index contributed by atoms with van der Waals surface area (Å²) in [4.78, 5) is 20.9. The Bertz CT molecular complexity index is 931. The van der Waals surface area contributed by atoms with Crippen LogP contribution in [0.5, 0.6) is 11.5 Å². The van der Waals surface area contributed by atoms with Crippen molar-refractivity contribution in [2.75, 3.05) is 53.0 Å². The molecule has 0 bridgehead atoms. The smallest absolute Gasteiger partial charge is 0.289 e. The summed E-state index contributed by atoms with van der Waals surface area (Å²) in [5.41, 5.74) is 1.04. The van der Waals surface area contributed by atoms with Crippen molar-refractivity contribution < 1.29 is 18.7 Å². The van der Waals surface area contributed by atoms with Crippen molar-refractivity contribution >= 4 is 11.9 Å². The number of nitrogens with one attached hydrogen (secondary N) is 1. The van der Waals surface area contributed by atoms with Gasteiger partial charge in [0.2, 0.25) is 0 Å². The van der Waals surface area contributed by atoms with Gasteiger partial charge in [0.1, 0.15) is 13.2 Å². The lowest BCUT2D eigenvalue weighted by Crippen LogP contribution is -2.54. The summed E-state index contributed by atoms with van der Waals surface area (Å²) in [6, 6.07) is 9.58. The Hall–Kier alpha value is -3.16. The predicted octanol–water partition coefficient (Wildman–Crippen LogP) is 2.36. The number of hydrogen-bond acceptors (Lipinski definition) is 5. The van der Waals surface area contributed by atoms with Gasteiger partial charge in [-0.1, -0.05) is 19.9 Å². The maximum Gasteiger partial charge on any atom is 0.289 e. The second kappa shape index (κ2) is 8.91. The maximum atomic E-state index is 12.5. The van der Waals surface area contributed by atoms with E-state index in [4.69, 9.17) is 13.9 Å². The Morgan fingerprint density at radius 2 is 1.77 bits per heavy atom. The van der Waals surface area contributed by atoms with E-state index in [0.29, 0.717) is 38.6 Å². The molecule has 8 nitrogen and oxygen atoms in total. The molecule has 0 atom stereocenters. The summed E-state index contributed by atoms with van der Waals surface area (Å²) in [6.07, 6.45) is 1.53. The molecule has 0 aliphatic carbocycles. The number of amides is 1. The number of carbonyl (C=O) groups is 1. The number of furan rings is 1. The minimum atomic E-state index is -0.136. The number of rotatable bonds is 4. The molecule has 1 aromatic carbocycles. The summed E-state index contributed by atoms with van der Waals surface area (Å²) in [5.74, 6) is 2.77. The largest absolute Gasteiger partial charge is 0.486 e. The minimum Gasteiger partial charge on any atom is -0.486 e. The molecule has 1 N–H and O–H groups in total. The molecule has 31 heavy (non-hydrogen) atoms. The zero-order chi connectivity index (χ0) is 21.8. The molecular formula is C23H30N4O4. The van der Waals surface area contributed by atoms with Gasteiger partial charge >= 0.3 is 0 Å². The fraction of sp³-hybridized carbons (Fsp3) is 0.478. The first-order valence-electron chi connectivity index (χ1n) is 10.7. The Labute approximate surface area is 182 Å². The van der Waals surface area contributed by atoms with Crippen molar-refractivity contribution in [2.24, 2.45) is 4.99 Å². The predicted molar refractivity (Wildman–Crippen MR) is 118 cm³/mol. The van der Waals surface area contributed by atoms with Crippen LogP contribution in [-0.2, 0) is 5.41 Å². The molecule has 3 heterocycles. The molecule has 0 spiro atoms. The van der Waals surface area contributed by atoms with Gasteiger partial charge in [0.05, 0.1) is 6.26 Å². The molecule has 1 saturated heterocycles. The third-order valence-corrected chi connectivity index (χ3v) is 5.82. The van der Waals surface area contributed by atoms with Crippen LogP contribution in [0, 0.1) is 0 Å². The van der Waals surface area contributed by atoms with Crippen molar-refractivity contribution in [2.45, 2.75) is 19.3 Å². The highest BCUT2D eigenvalue weighted by atomic mass is 16.6. The molecule has 1 fully saturated rings. The molecule has 1 aromatic heterocycles. The number of piperazine rings is 1. The first-order chi connectivity index (χ1) is 15.0. The molecule has 2 aliphatic heterocycles. The fourth-order valence-electron chi connectivity index (χ4n) is 3.88. The van der Waals surface area contributed by atoms with Gasteiger partial charge in [-0.15, -0.1) is 0 Å². The lowest BCUT2D eigenvalue weighted by atomic mass is 9.84. The Balaban J connectivity index is 1.34. The number of fused-ring (bicyclic) bond motifs is 1. The second-order valence-corrected chi connectivity index (χ2v) is 8.40. The highest BCUT2D eigenvalue weighted by Crippen LogP contribution is 2.34. The second-order valence-electron chi connectivity index (χ2n) is 8.40. The highest BCUT2D eigenvalue weighted by Gasteiger charge is 2.27. The van der Waals surface area contributed by atoms with E-state index in [1.165, 1.54) is 11.8 Å². The first kappa shape index (κ1) is 21.1. The molecule has 4 rings (SSSR count). The average molecular weight is 427 g/mol. The van der Waals surface area contributed by atoms with Crippen LogP contribution in [0.4, 0.5) is 0 Å². The van der Waals surface area contributed by atoms with Crippen molar-refractivity contribution in [3.63, 3.8) is 0 Å². The summed E-state index contributed by atoms with van der Waals surface area (Å²) in [5, 5.41) is 3.51. The van der Waals surface area contributed by atoms with Crippen LogP contribution in [0.2, 0.25) is 0 Å². The van der Waals surface area contributed by atoms with Gasteiger partial charge in [-0.05, 0) is 29.8 Å². The van der Waals surface area contributed by atoms with Crippen LogP contribution in [0.1, 0.15) is 30.0 Å². The van der Waals surface area contributed by atoms with Crippen molar-refractivity contribution in [3.8, 4) is 11.5 Å². The van der Waals surface area contributed by atoms with Crippen molar-refractivity contribution in [1.82, 2.24) is 15.1 Å². The van der Waals surface area contributed by atoms with Gasteiger partial charge in [-0.25, -0.2) is 0 Å². The topological polar surface area (TPSA) is 79.5 Å². The number of guanidine groups is 1. The molecule has 0 radical (unpaired) electrons. The van der Waals surface area contributed by atoms with Crippen LogP contribution in [-0.4, -0.2) is 74.7 Å². The summed E-state index contributed by atoms with van der Waals surface area (Å²) in [7, 11) is 1.79. The van der Waals surface area contributed by atoms with E-state index in [2.05, 4.69) is 41.2 Å². The van der Waals surface area contributed by atoms with E-state index in [-0.39, 0.29) is 11.3 Å². The van der Waals surface area contributed by atoms with Crippen LogP contribution in [0.15, 0.2) is 46.0 Å². The van der Waals surface area contributed by atoms with E-state index < -0.39 is 0 Å². The number of ether oxygens (including phenoxy) is 2. The number of aliphatic imine (C=N–C) groups is 1. The van der Waals surface area contributed by atoms with E-state index in [9.17, 15) is 4.79 Å². The van der Waals surface area contributed by atoms with Gasteiger partial charge in [0.25, 0.3) is 5.91 Å². The Morgan fingerprint density at radius 3 is 2.45 bits per heavy atom. The van der Waals surface area contributed by atoms with Gasteiger partial charge < -0.3 is 29.0 Å². The zero-order valence-corrected chi connectivity index (χ0v) is 18.4. The van der Waals surface area contributed by atoms with Gasteiger partial charge in [0, 0.05) is 45.2 Å². The van der Waals surface area contributed by atoms with Crippen LogP contribution < -0.4 is 14.8 Å². The third kappa shape index (κ3) is 4.62. The number of nitrogens with zero attached hydrogens (tertiary/aromatic N) is 3. The summed E-state index contributed by atoms with van der Waals surface area (Å²) in [6.45, 7) is 8.97. The monoisotopic (exact) mass is 426 g/mol. The quantitative estimate of drug-likeness (QED) is 0.597. The first-order valence-corrected chi connectivity index (χ1v) is 10.7. The molecule has 2 aliphatic rings. The standard InChI is InChI=1S/C23H30N4O4/c1-23(2,17-6-7-18-20(15-17)31-14-13-30-18)16-25-22(24-3)27-10-8-26(9-11-27)21(28)19-5-4-12-29-19/h4-7,12,15H,8-11,13-14,16H2,1-3H3,(H,24,25). The van der Waals surface area contributed by atoms with E-state index in [1.807, 2.05) is 11.0 Å². The van der Waals surface area contributed by atoms with Gasteiger partial charge in [0.15, 0.2) is 23.2 Å². The molecule has 0 unspecified atom stereocenters. The van der Waals surface area contributed by atoms with Crippen molar-refractivity contribution in [3.05, 3.63) is 47.9 Å². The Kier molecular flexibility index (Phi) is 6.06. The molecular weight excluding hydrogens is 396 g/mol. The normalized spacial score (nSPS) is 16.9. The molecule has 0 saturated carbocycles. The number of hydrogen-bond donors (Lipinski definition) is 1. The Morgan fingerprint density at radius 1 is 1.06 bits per heavy atom. The van der Waals surface area contributed by atoms with Crippen molar-refractivity contribution in [1.29, 1.82) is 0 Å². The minimum absolute atomic E-state index is 0.0627. The fourth-order valence-corrected chi connectivity index (χ4v) is 3.88. The van der Waals surface area contributed by atoms with Crippen LogP contribution >= 0.6 is 0 Å². The van der Waals surface area contributed by atoms with Gasteiger partial charge in [-0.3, -0.25) is 9.79 Å². The van der Waals surface area contributed by atoms with Crippen LogP contribution in [0.3, 0.4) is 0 Å².